The third-order valence-corrected chi connectivity index (χ3v) is 2.34. The highest BCUT2D eigenvalue weighted by Crippen LogP contribution is 2.32. The largest absolute Gasteiger partial charge is 0.416 e. The summed E-state index contributed by atoms with van der Waals surface area (Å²) in [6, 6.07) is 6.96. The Hall–Kier alpha value is -2.11. The van der Waals surface area contributed by atoms with E-state index in [9.17, 15) is 13.2 Å². The summed E-state index contributed by atoms with van der Waals surface area (Å²) >= 11 is 0. The van der Waals surface area contributed by atoms with Crippen LogP contribution in [-0.4, -0.2) is 17.0 Å². The van der Waals surface area contributed by atoms with E-state index in [0.29, 0.717) is 5.69 Å². The van der Waals surface area contributed by atoms with Gasteiger partial charge in [-0.25, -0.2) is 4.98 Å². The first-order valence-electron chi connectivity index (χ1n) is 5.19. The number of hydrogen-bond donors (Lipinski definition) is 1. The van der Waals surface area contributed by atoms with Crippen LogP contribution in [0.1, 0.15) is 5.56 Å². The second-order valence-electron chi connectivity index (χ2n) is 3.59. The van der Waals surface area contributed by atoms with Gasteiger partial charge in [-0.05, 0) is 24.3 Å². The summed E-state index contributed by atoms with van der Waals surface area (Å²) < 4.78 is 38.2. The first-order valence-corrected chi connectivity index (χ1v) is 5.19. The average Bonchev–Trinajstić information content (AvgIpc) is 2.38. The monoisotopic (exact) mass is 253 g/mol. The van der Waals surface area contributed by atoms with E-state index < -0.39 is 11.7 Å². The molecule has 2 aromatic rings. The number of alkyl halides is 3. The Kier molecular flexibility index (Phi) is 3.18. The zero-order valence-electron chi connectivity index (χ0n) is 9.49. The average molecular weight is 253 g/mol. The molecule has 0 fully saturated rings. The lowest BCUT2D eigenvalue weighted by atomic mass is 10.1. The van der Waals surface area contributed by atoms with Crippen molar-refractivity contribution in [3.8, 4) is 11.4 Å². The second kappa shape index (κ2) is 4.64. The minimum atomic E-state index is -4.40. The van der Waals surface area contributed by atoms with E-state index in [0.717, 1.165) is 12.1 Å². The molecule has 0 amide bonds. The van der Waals surface area contributed by atoms with Crippen molar-refractivity contribution in [2.24, 2.45) is 0 Å². The molecule has 2 heterocycles. The number of halogens is 3. The van der Waals surface area contributed by atoms with Gasteiger partial charge >= 0.3 is 6.18 Å². The maximum atomic E-state index is 12.7. The topological polar surface area (TPSA) is 37.8 Å². The summed E-state index contributed by atoms with van der Waals surface area (Å²) in [4.78, 5) is 8.05. The molecule has 1 N–H and O–H groups in total. The Morgan fingerprint density at radius 3 is 2.44 bits per heavy atom. The number of pyridine rings is 2. The van der Waals surface area contributed by atoms with Crippen LogP contribution in [0.2, 0.25) is 0 Å². The maximum absolute atomic E-state index is 12.7. The zero-order chi connectivity index (χ0) is 13.2. The van der Waals surface area contributed by atoms with E-state index in [1.807, 2.05) is 0 Å². The fraction of sp³-hybridized carbons (Fsp3) is 0.167. The lowest BCUT2D eigenvalue weighted by Gasteiger charge is -2.10. The fourth-order valence-corrected chi connectivity index (χ4v) is 1.47. The van der Waals surface area contributed by atoms with Gasteiger partial charge in [-0.2, -0.15) is 13.2 Å². The molecule has 0 aliphatic heterocycles. The first kappa shape index (κ1) is 12.3. The van der Waals surface area contributed by atoms with Crippen LogP contribution < -0.4 is 5.32 Å². The molecule has 2 aromatic heterocycles. The molecule has 0 saturated carbocycles. The fourth-order valence-electron chi connectivity index (χ4n) is 1.47. The van der Waals surface area contributed by atoms with Gasteiger partial charge < -0.3 is 5.32 Å². The smallest absolute Gasteiger partial charge is 0.373 e. The van der Waals surface area contributed by atoms with E-state index in [1.165, 1.54) is 13.2 Å². The van der Waals surface area contributed by atoms with Crippen LogP contribution in [0.15, 0.2) is 36.5 Å². The molecule has 0 unspecified atom stereocenters. The van der Waals surface area contributed by atoms with Gasteiger partial charge in [0.15, 0.2) is 0 Å². The molecule has 0 aliphatic carbocycles. The van der Waals surface area contributed by atoms with Crippen LogP contribution in [0.5, 0.6) is 0 Å². The number of aromatic nitrogens is 2. The van der Waals surface area contributed by atoms with Gasteiger partial charge in [0.25, 0.3) is 0 Å². The molecule has 3 nitrogen and oxygen atoms in total. The SMILES string of the molecule is CNc1cc(C(F)(F)F)cc(-c2ccccn2)n1. The maximum Gasteiger partial charge on any atom is 0.416 e. The molecule has 0 atom stereocenters. The van der Waals surface area contributed by atoms with Crippen molar-refractivity contribution in [1.82, 2.24) is 9.97 Å². The third kappa shape index (κ3) is 2.58. The molecule has 0 aromatic carbocycles. The summed E-state index contributed by atoms with van der Waals surface area (Å²) in [5.41, 5.74) is -0.155. The van der Waals surface area contributed by atoms with Gasteiger partial charge in [-0.15, -0.1) is 0 Å². The normalized spacial score (nSPS) is 11.3. The minimum absolute atomic E-state index is 0.158. The molecule has 0 radical (unpaired) electrons. The number of nitrogens with zero attached hydrogens (tertiary/aromatic N) is 2. The van der Waals surface area contributed by atoms with Crippen LogP contribution >= 0.6 is 0 Å². The van der Waals surface area contributed by atoms with Crippen molar-refractivity contribution >= 4 is 5.82 Å². The molecule has 0 bridgehead atoms. The van der Waals surface area contributed by atoms with Crippen molar-refractivity contribution < 1.29 is 13.2 Å². The second-order valence-corrected chi connectivity index (χ2v) is 3.59. The Balaban J connectivity index is 2.55. The highest BCUT2D eigenvalue weighted by atomic mass is 19.4. The minimum Gasteiger partial charge on any atom is -0.373 e. The van der Waals surface area contributed by atoms with E-state index in [4.69, 9.17) is 0 Å². The lowest BCUT2D eigenvalue weighted by molar-refractivity contribution is -0.137. The molecule has 2 rings (SSSR count). The van der Waals surface area contributed by atoms with E-state index in [-0.39, 0.29) is 11.5 Å². The van der Waals surface area contributed by atoms with E-state index >= 15 is 0 Å². The van der Waals surface area contributed by atoms with Crippen molar-refractivity contribution in [1.29, 1.82) is 0 Å². The molecule has 0 aliphatic rings. The van der Waals surface area contributed by atoms with Crippen LogP contribution in [-0.2, 0) is 6.18 Å². The zero-order valence-corrected chi connectivity index (χ0v) is 9.49. The van der Waals surface area contributed by atoms with Crippen molar-refractivity contribution in [2.75, 3.05) is 12.4 Å². The van der Waals surface area contributed by atoms with Crippen molar-refractivity contribution in [2.45, 2.75) is 6.18 Å². The van der Waals surface area contributed by atoms with Gasteiger partial charge in [0.1, 0.15) is 5.82 Å². The Morgan fingerprint density at radius 1 is 1.11 bits per heavy atom. The molecular weight excluding hydrogens is 243 g/mol. The van der Waals surface area contributed by atoms with Crippen molar-refractivity contribution in [3.63, 3.8) is 0 Å². The van der Waals surface area contributed by atoms with Gasteiger partial charge in [0.2, 0.25) is 0 Å². The molecule has 18 heavy (non-hydrogen) atoms. The highest BCUT2D eigenvalue weighted by molar-refractivity contribution is 5.59. The van der Waals surface area contributed by atoms with Gasteiger partial charge in [0, 0.05) is 13.2 Å². The van der Waals surface area contributed by atoms with Gasteiger partial charge in [-0.1, -0.05) is 6.07 Å². The van der Waals surface area contributed by atoms with Crippen molar-refractivity contribution in [3.05, 3.63) is 42.1 Å². The standard InChI is InChI=1S/C12H10F3N3/c1-16-11-7-8(12(13,14)15)6-10(18-11)9-4-2-3-5-17-9/h2-7H,1H3,(H,16,18). The number of rotatable bonds is 2. The summed E-state index contributed by atoms with van der Waals surface area (Å²) in [5, 5.41) is 2.61. The van der Waals surface area contributed by atoms with Crippen LogP contribution in [0.25, 0.3) is 11.4 Å². The Morgan fingerprint density at radius 2 is 1.89 bits per heavy atom. The van der Waals surface area contributed by atoms with E-state index in [1.54, 1.807) is 18.2 Å². The van der Waals surface area contributed by atoms with Crippen LogP contribution in [0.4, 0.5) is 19.0 Å². The Labute approximate surface area is 102 Å². The predicted octanol–water partition coefficient (Wildman–Crippen LogP) is 3.20. The van der Waals surface area contributed by atoms with Gasteiger partial charge in [-0.3, -0.25) is 4.98 Å². The number of hydrogen-bond acceptors (Lipinski definition) is 3. The van der Waals surface area contributed by atoms with E-state index in [2.05, 4.69) is 15.3 Å². The summed E-state index contributed by atoms with van der Waals surface area (Å²) in [5.74, 6) is 0.158. The predicted molar refractivity (Wildman–Crippen MR) is 62.0 cm³/mol. The van der Waals surface area contributed by atoms with Crippen LogP contribution in [0, 0.1) is 0 Å². The molecule has 6 heteroatoms. The third-order valence-electron chi connectivity index (χ3n) is 2.34. The number of anilines is 1. The van der Waals surface area contributed by atoms with Crippen LogP contribution in [0.3, 0.4) is 0 Å². The first-order chi connectivity index (χ1) is 8.50. The quantitative estimate of drug-likeness (QED) is 0.893. The Bertz CT molecular complexity index is 538. The van der Waals surface area contributed by atoms with Gasteiger partial charge in [0.05, 0.1) is 17.0 Å². The summed E-state index contributed by atoms with van der Waals surface area (Å²) in [6.07, 6.45) is -2.89. The summed E-state index contributed by atoms with van der Waals surface area (Å²) in [7, 11) is 1.52. The lowest BCUT2D eigenvalue weighted by Crippen LogP contribution is -2.07. The molecule has 94 valence electrons. The molecule has 0 saturated heterocycles. The summed E-state index contributed by atoms with van der Waals surface area (Å²) in [6.45, 7) is 0. The highest BCUT2D eigenvalue weighted by Gasteiger charge is 2.31. The number of nitrogens with one attached hydrogen (secondary N) is 1. The molecule has 0 spiro atoms. The molecular formula is C12H10F3N3.